The lowest BCUT2D eigenvalue weighted by Gasteiger charge is -2.19. The van der Waals surface area contributed by atoms with Gasteiger partial charge in [0.2, 0.25) is 0 Å². The number of hydrogen-bond donors (Lipinski definition) is 1. The van der Waals surface area contributed by atoms with Gasteiger partial charge in [-0.15, -0.1) is 16.4 Å². The number of rotatable bonds is 7. The zero-order chi connectivity index (χ0) is 15.3. The number of aromatic nitrogens is 4. The Labute approximate surface area is 130 Å². The average molecular weight is 308 g/mol. The summed E-state index contributed by atoms with van der Waals surface area (Å²) in [5.74, 6) is 0. The lowest BCUT2D eigenvalue weighted by Crippen LogP contribution is -2.35. The Bertz CT molecular complexity index is 528. The third-order valence-electron chi connectivity index (χ3n) is 3.01. The van der Waals surface area contributed by atoms with E-state index in [-0.39, 0.29) is 5.54 Å². The van der Waals surface area contributed by atoms with Crippen molar-refractivity contribution in [2.45, 2.75) is 45.9 Å². The molecular formula is C14H24N6S. The third-order valence-corrected chi connectivity index (χ3v) is 3.65. The van der Waals surface area contributed by atoms with Gasteiger partial charge in [-0.25, -0.2) is 4.98 Å². The molecule has 0 aromatic carbocycles. The van der Waals surface area contributed by atoms with Crippen LogP contribution in [0.15, 0.2) is 17.1 Å². The standard InChI is InChI=1S/C14H24N6S/c1-14(2,3)16-7-12-9-20(18-17-12)6-5-19(4)8-13-10-21-11-15-13/h9-11,16H,5-8H2,1-4H3. The first kappa shape index (κ1) is 16.1. The fourth-order valence-corrected chi connectivity index (χ4v) is 2.38. The van der Waals surface area contributed by atoms with Gasteiger partial charge < -0.3 is 5.32 Å². The van der Waals surface area contributed by atoms with Gasteiger partial charge in [0.05, 0.1) is 23.4 Å². The average Bonchev–Trinajstić information content (AvgIpc) is 3.04. The van der Waals surface area contributed by atoms with Crippen molar-refractivity contribution >= 4 is 11.3 Å². The molecule has 0 saturated carbocycles. The molecule has 0 aliphatic rings. The second-order valence-corrected chi connectivity index (χ2v) is 7.01. The molecule has 2 aromatic rings. The summed E-state index contributed by atoms with van der Waals surface area (Å²) in [4.78, 5) is 6.54. The first-order valence-corrected chi connectivity index (χ1v) is 8.06. The lowest BCUT2D eigenvalue weighted by molar-refractivity contribution is 0.301. The van der Waals surface area contributed by atoms with Crippen molar-refractivity contribution in [2.24, 2.45) is 0 Å². The smallest absolute Gasteiger partial charge is 0.0965 e. The van der Waals surface area contributed by atoms with Gasteiger partial charge in [-0.05, 0) is 27.8 Å². The zero-order valence-electron chi connectivity index (χ0n) is 13.2. The van der Waals surface area contributed by atoms with Gasteiger partial charge in [0, 0.05) is 36.8 Å². The van der Waals surface area contributed by atoms with E-state index in [1.165, 1.54) is 0 Å². The number of hydrogen-bond acceptors (Lipinski definition) is 6. The van der Waals surface area contributed by atoms with Crippen molar-refractivity contribution in [3.63, 3.8) is 0 Å². The molecule has 0 fully saturated rings. The molecule has 0 atom stereocenters. The topological polar surface area (TPSA) is 58.9 Å². The van der Waals surface area contributed by atoms with Gasteiger partial charge in [-0.1, -0.05) is 5.21 Å². The normalized spacial score (nSPS) is 12.2. The van der Waals surface area contributed by atoms with E-state index >= 15 is 0 Å². The van der Waals surface area contributed by atoms with Gasteiger partial charge in [0.15, 0.2) is 0 Å². The minimum Gasteiger partial charge on any atom is -0.306 e. The largest absolute Gasteiger partial charge is 0.306 e. The van der Waals surface area contributed by atoms with Gasteiger partial charge in [0.25, 0.3) is 0 Å². The molecule has 2 rings (SSSR count). The fourth-order valence-electron chi connectivity index (χ4n) is 1.83. The second-order valence-electron chi connectivity index (χ2n) is 6.29. The Morgan fingerprint density at radius 3 is 2.81 bits per heavy atom. The van der Waals surface area contributed by atoms with E-state index in [0.29, 0.717) is 0 Å². The van der Waals surface area contributed by atoms with Crippen LogP contribution < -0.4 is 5.32 Å². The Kier molecular flexibility index (Phi) is 5.44. The molecule has 0 unspecified atom stereocenters. The molecule has 7 heteroatoms. The van der Waals surface area contributed by atoms with E-state index in [1.807, 2.05) is 16.4 Å². The number of thiazole rings is 1. The molecule has 0 amide bonds. The summed E-state index contributed by atoms with van der Waals surface area (Å²) in [6.45, 7) is 9.81. The highest BCUT2D eigenvalue weighted by molar-refractivity contribution is 7.07. The quantitative estimate of drug-likeness (QED) is 0.844. The molecule has 21 heavy (non-hydrogen) atoms. The monoisotopic (exact) mass is 308 g/mol. The summed E-state index contributed by atoms with van der Waals surface area (Å²) >= 11 is 1.63. The summed E-state index contributed by atoms with van der Waals surface area (Å²) < 4.78 is 1.90. The van der Waals surface area contributed by atoms with Crippen LogP contribution in [0.1, 0.15) is 32.2 Å². The van der Waals surface area contributed by atoms with Crippen LogP contribution in [0.4, 0.5) is 0 Å². The van der Waals surface area contributed by atoms with Gasteiger partial charge in [-0.2, -0.15) is 0 Å². The van der Waals surface area contributed by atoms with E-state index < -0.39 is 0 Å². The SMILES string of the molecule is CN(CCn1cc(CNC(C)(C)C)nn1)Cc1cscn1. The highest BCUT2D eigenvalue weighted by atomic mass is 32.1. The minimum absolute atomic E-state index is 0.0948. The fraction of sp³-hybridized carbons (Fsp3) is 0.643. The molecule has 0 aliphatic heterocycles. The second kappa shape index (κ2) is 7.11. The van der Waals surface area contributed by atoms with Gasteiger partial charge >= 0.3 is 0 Å². The summed E-state index contributed by atoms with van der Waals surface area (Å²) in [6.07, 6.45) is 2.01. The highest BCUT2D eigenvalue weighted by Crippen LogP contribution is 2.04. The van der Waals surface area contributed by atoms with Crippen LogP contribution in [-0.4, -0.2) is 44.0 Å². The summed E-state index contributed by atoms with van der Waals surface area (Å²) in [5.41, 5.74) is 4.07. The predicted octanol–water partition coefficient (Wildman–Crippen LogP) is 1.75. The van der Waals surface area contributed by atoms with Crippen molar-refractivity contribution in [1.82, 2.24) is 30.2 Å². The highest BCUT2D eigenvalue weighted by Gasteiger charge is 2.10. The first-order chi connectivity index (χ1) is 9.92. The molecule has 0 radical (unpaired) electrons. The van der Waals surface area contributed by atoms with E-state index in [9.17, 15) is 0 Å². The van der Waals surface area contributed by atoms with Crippen LogP contribution in [0.2, 0.25) is 0 Å². The Morgan fingerprint density at radius 2 is 2.14 bits per heavy atom. The maximum atomic E-state index is 4.30. The molecule has 0 saturated heterocycles. The summed E-state index contributed by atoms with van der Waals surface area (Å²) in [7, 11) is 2.10. The van der Waals surface area contributed by atoms with E-state index in [0.717, 1.165) is 37.6 Å². The summed E-state index contributed by atoms with van der Waals surface area (Å²) in [6, 6.07) is 0. The summed E-state index contributed by atoms with van der Waals surface area (Å²) in [5, 5.41) is 13.9. The Hall–Kier alpha value is -1.31. The van der Waals surface area contributed by atoms with Crippen molar-refractivity contribution in [2.75, 3.05) is 13.6 Å². The maximum Gasteiger partial charge on any atom is 0.0965 e. The van der Waals surface area contributed by atoms with Gasteiger partial charge in [0.1, 0.15) is 0 Å². The molecular weight excluding hydrogens is 284 g/mol. The molecule has 1 N–H and O–H groups in total. The van der Waals surface area contributed by atoms with Crippen LogP contribution in [0.3, 0.4) is 0 Å². The Balaban J connectivity index is 1.74. The van der Waals surface area contributed by atoms with Crippen LogP contribution in [0, 0.1) is 0 Å². The number of nitrogens with one attached hydrogen (secondary N) is 1. The molecule has 0 spiro atoms. The molecule has 116 valence electrons. The van der Waals surface area contributed by atoms with Crippen LogP contribution in [0.25, 0.3) is 0 Å². The molecule has 0 bridgehead atoms. The van der Waals surface area contributed by atoms with E-state index in [2.05, 4.69) is 58.7 Å². The molecule has 0 aliphatic carbocycles. The van der Waals surface area contributed by atoms with Crippen LogP contribution in [0.5, 0.6) is 0 Å². The molecule has 2 aromatic heterocycles. The number of nitrogens with zero attached hydrogens (tertiary/aromatic N) is 5. The van der Waals surface area contributed by atoms with Crippen molar-refractivity contribution < 1.29 is 0 Å². The third kappa shape index (κ3) is 5.91. The van der Waals surface area contributed by atoms with E-state index in [1.54, 1.807) is 11.3 Å². The molecule has 6 nitrogen and oxygen atoms in total. The zero-order valence-corrected chi connectivity index (χ0v) is 14.0. The Morgan fingerprint density at radius 1 is 1.33 bits per heavy atom. The number of likely N-dealkylation sites (N-methyl/N-ethyl adjacent to an activating group) is 1. The van der Waals surface area contributed by atoms with Gasteiger partial charge in [-0.3, -0.25) is 9.58 Å². The van der Waals surface area contributed by atoms with Crippen LogP contribution >= 0.6 is 11.3 Å². The van der Waals surface area contributed by atoms with Crippen molar-refractivity contribution in [3.8, 4) is 0 Å². The first-order valence-electron chi connectivity index (χ1n) is 7.12. The maximum absolute atomic E-state index is 4.30. The predicted molar refractivity (Wildman–Crippen MR) is 85.1 cm³/mol. The van der Waals surface area contributed by atoms with Crippen molar-refractivity contribution in [3.05, 3.63) is 28.5 Å². The van der Waals surface area contributed by atoms with Crippen LogP contribution in [-0.2, 0) is 19.6 Å². The van der Waals surface area contributed by atoms with Crippen molar-refractivity contribution in [1.29, 1.82) is 0 Å². The minimum atomic E-state index is 0.0948. The lowest BCUT2D eigenvalue weighted by atomic mass is 10.1. The molecule has 2 heterocycles. The van der Waals surface area contributed by atoms with E-state index in [4.69, 9.17) is 0 Å².